The number of aliphatic hydroxyl groups is 1. The molecule has 0 spiro atoms. The van der Waals surface area contributed by atoms with E-state index >= 15 is 0 Å². The van der Waals surface area contributed by atoms with E-state index in [9.17, 15) is 5.11 Å². The van der Waals surface area contributed by atoms with Crippen LogP contribution in [0, 0.1) is 6.92 Å². The van der Waals surface area contributed by atoms with Crippen molar-refractivity contribution in [2.45, 2.75) is 39.1 Å². The molecule has 0 bridgehead atoms. The molecule has 5 nitrogen and oxygen atoms in total. The molecule has 6 heteroatoms. The van der Waals surface area contributed by atoms with Gasteiger partial charge in [0, 0.05) is 31.1 Å². The number of benzene rings is 1. The van der Waals surface area contributed by atoms with Crippen molar-refractivity contribution in [2.24, 2.45) is 0 Å². The predicted octanol–water partition coefficient (Wildman–Crippen LogP) is 3.14. The Morgan fingerprint density at radius 1 is 1.24 bits per heavy atom. The molecule has 0 aliphatic carbocycles. The van der Waals surface area contributed by atoms with Gasteiger partial charge in [-0.3, -0.25) is 9.58 Å². The highest BCUT2D eigenvalue weighted by molar-refractivity contribution is 7.09. The average Bonchev–Trinajstić information content (AvgIpc) is 3.16. The maximum atomic E-state index is 10.6. The molecule has 0 amide bonds. The van der Waals surface area contributed by atoms with Crippen LogP contribution in [0.1, 0.15) is 40.0 Å². The summed E-state index contributed by atoms with van der Waals surface area (Å²) in [6.07, 6.45) is 0.383. The largest absolute Gasteiger partial charge is 0.382 e. The molecule has 0 radical (unpaired) electrons. The number of hydrogen-bond acceptors (Lipinski definition) is 5. The van der Waals surface area contributed by atoms with E-state index in [1.807, 2.05) is 41.9 Å². The number of aliphatic hydroxyl groups excluding tert-OH is 1. The van der Waals surface area contributed by atoms with Gasteiger partial charge in [0.15, 0.2) is 0 Å². The molecule has 0 fully saturated rings. The Morgan fingerprint density at radius 3 is 2.84 bits per heavy atom. The maximum Gasteiger partial charge on any atom is 0.123 e. The first-order valence-corrected chi connectivity index (χ1v) is 9.49. The molecule has 3 aromatic rings. The third kappa shape index (κ3) is 3.51. The van der Waals surface area contributed by atoms with E-state index in [1.165, 1.54) is 10.6 Å². The summed E-state index contributed by atoms with van der Waals surface area (Å²) in [4.78, 5) is 8.19. The number of nitrogens with zero attached hydrogens (tertiary/aromatic N) is 4. The minimum absolute atomic E-state index is 0.671. The fourth-order valence-electron chi connectivity index (χ4n) is 3.32. The summed E-state index contributed by atoms with van der Waals surface area (Å²) in [6.45, 7) is 5.77. The molecule has 1 N–H and O–H groups in total. The van der Waals surface area contributed by atoms with Gasteiger partial charge in [-0.2, -0.15) is 5.10 Å². The van der Waals surface area contributed by atoms with E-state index in [0.29, 0.717) is 0 Å². The van der Waals surface area contributed by atoms with Crippen molar-refractivity contribution in [3.63, 3.8) is 0 Å². The fraction of sp³-hybridized carbons (Fsp3) is 0.368. The van der Waals surface area contributed by atoms with E-state index in [4.69, 9.17) is 0 Å². The summed E-state index contributed by atoms with van der Waals surface area (Å²) in [7, 11) is 0. The molecule has 2 aromatic heterocycles. The standard InChI is InChI=1S/C19H22N4OS/c1-14-18(20-13-25-14)12-22-8-5-9-23-16(11-22)10-17(21-23)19(24)15-6-3-2-4-7-15/h2-4,6-7,10,13,19,24H,5,8-9,11-12H2,1H3/t19-/m0/s1. The van der Waals surface area contributed by atoms with Crippen molar-refractivity contribution in [1.82, 2.24) is 19.7 Å². The van der Waals surface area contributed by atoms with Crippen LogP contribution in [0.15, 0.2) is 41.9 Å². The van der Waals surface area contributed by atoms with Gasteiger partial charge in [-0.25, -0.2) is 4.98 Å². The van der Waals surface area contributed by atoms with Gasteiger partial charge in [0.05, 0.1) is 22.6 Å². The molecular weight excluding hydrogens is 332 g/mol. The molecule has 0 unspecified atom stereocenters. The number of hydrogen-bond donors (Lipinski definition) is 1. The quantitative estimate of drug-likeness (QED) is 0.782. The SMILES string of the molecule is Cc1scnc1CN1CCCn2nc([C@@H](O)c3ccccc3)cc2C1. The summed E-state index contributed by atoms with van der Waals surface area (Å²) >= 11 is 1.70. The van der Waals surface area contributed by atoms with Gasteiger partial charge < -0.3 is 5.11 Å². The second kappa shape index (κ2) is 7.07. The van der Waals surface area contributed by atoms with Crippen LogP contribution in [0.4, 0.5) is 0 Å². The minimum atomic E-state index is -0.671. The second-order valence-corrected chi connectivity index (χ2v) is 7.58. The molecule has 0 saturated heterocycles. The molecule has 3 heterocycles. The zero-order chi connectivity index (χ0) is 17.2. The molecule has 130 valence electrons. The first kappa shape index (κ1) is 16.4. The van der Waals surface area contributed by atoms with Crippen LogP contribution in [0.2, 0.25) is 0 Å². The van der Waals surface area contributed by atoms with E-state index in [0.717, 1.165) is 49.6 Å². The third-order valence-corrected chi connectivity index (χ3v) is 5.53. The Kier molecular flexibility index (Phi) is 4.65. The van der Waals surface area contributed by atoms with E-state index in [-0.39, 0.29) is 0 Å². The number of rotatable bonds is 4. The van der Waals surface area contributed by atoms with Crippen molar-refractivity contribution in [1.29, 1.82) is 0 Å². The topological polar surface area (TPSA) is 54.2 Å². The molecule has 1 aliphatic rings. The zero-order valence-corrected chi connectivity index (χ0v) is 15.1. The van der Waals surface area contributed by atoms with Gasteiger partial charge in [0.2, 0.25) is 0 Å². The minimum Gasteiger partial charge on any atom is -0.382 e. The lowest BCUT2D eigenvalue weighted by Gasteiger charge is -2.18. The molecule has 0 saturated carbocycles. The van der Waals surface area contributed by atoms with Gasteiger partial charge in [0.25, 0.3) is 0 Å². The molecule has 4 rings (SSSR count). The Labute approximate surface area is 151 Å². The molecular formula is C19H22N4OS. The van der Waals surface area contributed by atoms with Crippen molar-refractivity contribution in [3.8, 4) is 0 Å². The first-order valence-electron chi connectivity index (χ1n) is 8.61. The van der Waals surface area contributed by atoms with Gasteiger partial charge >= 0.3 is 0 Å². The first-order chi connectivity index (χ1) is 12.2. The van der Waals surface area contributed by atoms with E-state index in [2.05, 4.69) is 26.6 Å². The van der Waals surface area contributed by atoms with Gasteiger partial charge in [0.1, 0.15) is 6.10 Å². The van der Waals surface area contributed by atoms with Crippen molar-refractivity contribution >= 4 is 11.3 Å². The molecule has 1 aromatic carbocycles. The van der Waals surface area contributed by atoms with Crippen LogP contribution in [-0.4, -0.2) is 31.3 Å². The normalized spacial score (nSPS) is 16.4. The Hall–Kier alpha value is -2.02. The number of thiazole rings is 1. The van der Waals surface area contributed by atoms with Crippen LogP contribution < -0.4 is 0 Å². The summed E-state index contributed by atoms with van der Waals surface area (Å²) in [6, 6.07) is 11.8. The van der Waals surface area contributed by atoms with Crippen LogP contribution in [0.3, 0.4) is 0 Å². The molecule has 1 atom stereocenters. The van der Waals surface area contributed by atoms with Crippen LogP contribution in [0.5, 0.6) is 0 Å². The van der Waals surface area contributed by atoms with Crippen molar-refractivity contribution in [3.05, 3.63) is 69.4 Å². The smallest absolute Gasteiger partial charge is 0.123 e. The summed E-state index contributed by atoms with van der Waals surface area (Å²) in [5.41, 5.74) is 5.86. The second-order valence-electron chi connectivity index (χ2n) is 6.52. The predicted molar refractivity (Wildman–Crippen MR) is 98.3 cm³/mol. The van der Waals surface area contributed by atoms with E-state index < -0.39 is 6.10 Å². The maximum absolute atomic E-state index is 10.6. The summed E-state index contributed by atoms with van der Waals surface area (Å²) in [5, 5.41) is 15.3. The Bertz CT molecular complexity index is 842. The van der Waals surface area contributed by atoms with Crippen molar-refractivity contribution < 1.29 is 5.11 Å². The third-order valence-electron chi connectivity index (χ3n) is 4.73. The number of aryl methyl sites for hydroxylation is 2. The Morgan fingerprint density at radius 2 is 2.08 bits per heavy atom. The highest BCUT2D eigenvalue weighted by Gasteiger charge is 2.21. The Balaban J connectivity index is 1.53. The number of fused-ring (bicyclic) bond motifs is 1. The van der Waals surface area contributed by atoms with Gasteiger partial charge in [-0.1, -0.05) is 30.3 Å². The lowest BCUT2D eigenvalue weighted by Crippen LogP contribution is -2.23. The van der Waals surface area contributed by atoms with Crippen LogP contribution >= 0.6 is 11.3 Å². The van der Waals surface area contributed by atoms with Crippen molar-refractivity contribution in [2.75, 3.05) is 6.54 Å². The van der Waals surface area contributed by atoms with Crippen LogP contribution in [0.25, 0.3) is 0 Å². The summed E-state index contributed by atoms with van der Waals surface area (Å²) in [5.74, 6) is 0. The highest BCUT2D eigenvalue weighted by atomic mass is 32.1. The number of aromatic nitrogens is 3. The van der Waals surface area contributed by atoms with Gasteiger partial charge in [-0.15, -0.1) is 11.3 Å². The van der Waals surface area contributed by atoms with Gasteiger partial charge in [-0.05, 0) is 25.0 Å². The molecule has 1 aliphatic heterocycles. The fourth-order valence-corrected chi connectivity index (χ4v) is 3.91. The van der Waals surface area contributed by atoms with Crippen LogP contribution in [-0.2, 0) is 19.6 Å². The highest BCUT2D eigenvalue weighted by Crippen LogP contribution is 2.24. The summed E-state index contributed by atoms with van der Waals surface area (Å²) < 4.78 is 2.05. The monoisotopic (exact) mass is 354 g/mol. The lowest BCUT2D eigenvalue weighted by atomic mass is 10.1. The zero-order valence-electron chi connectivity index (χ0n) is 14.3. The average molecular weight is 354 g/mol. The van der Waals surface area contributed by atoms with E-state index in [1.54, 1.807) is 11.3 Å². The molecule has 25 heavy (non-hydrogen) atoms. The lowest BCUT2D eigenvalue weighted by molar-refractivity contribution is 0.213.